The van der Waals surface area contributed by atoms with Crippen LogP contribution in [0.25, 0.3) is 20.8 Å². The molecule has 0 aliphatic carbocycles. The number of rotatable bonds is 5. The third kappa shape index (κ3) is 7.65. The number of alkyl halides is 3. The highest BCUT2D eigenvalue weighted by atomic mass is 32.1. The van der Waals surface area contributed by atoms with Gasteiger partial charge in [-0.15, -0.1) is 11.3 Å². The number of thiazole rings is 1. The normalized spacial score (nSPS) is 16.0. The number of carbonyl (C=O) groups is 1. The molecule has 1 aromatic carbocycles. The number of ether oxygens (including phenoxy) is 1. The van der Waals surface area contributed by atoms with Crippen LogP contribution in [0.5, 0.6) is 0 Å². The van der Waals surface area contributed by atoms with Crippen molar-refractivity contribution in [2.45, 2.75) is 19.5 Å². The number of hydrogen-bond donors (Lipinski definition) is 3. The number of amides is 1. The monoisotopic (exact) mass is 511 g/mol. The smallest absolute Gasteiger partial charge is 0.406 e. The molecule has 3 heterocycles. The van der Waals surface area contributed by atoms with Gasteiger partial charge in [-0.2, -0.15) is 18.2 Å². The summed E-state index contributed by atoms with van der Waals surface area (Å²) in [6, 6.07) is 7.59. The average molecular weight is 512 g/mol. The topological polar surface area (TPSA) is 118 Å². The van der Waals surface area contributed by atoms with E-state index in [0.717, 1.165) is 29.9 Å². The van der Waals surface area contributed by atoms with Crippen LogP contribution in [0.4, 0.5) is 29.7 Å². The Hall–Kier alpha value is -3.19. The number of nitrogens with two attached hydrogens (primary N) is 1. The lowest BCUT2D eigenvalue weighted by Crippen LogP contribution is -2.30. The van der Waals surface area contributed by atoms with Crippen LogP contribution in [0.2, 0.25) is 0 Å². The maximum atomic E-state index is 12.2. The van der Waals surface area contributed by atoms with Gasteiger partial charge in [-0.1, -0.05) is 12.1 Å². The van der Waals surface area contributed by atoms with Gasteiger partial charge in [-0.25, -0.2) is 14.8 Å². The molecule has 13 heteroatoms. The van der Waals surface area contributed by atoms with E-state index in [2.05, 4.69) is 42.3 Å². The molecule has 0 bridgehead atoms. The number of nitrogen functional groups attached to an aromatic ring is 1. The van der Waals surface area contributed by atoms with Crippen molar-refractivity contribution in [2.24, 2.45) is 5.92 Å². The molecule has 0 saturated carbocycles. The van der Waals surface area contributed by atoms with Gasteiger partial charge in [0.1, 0.15) is 17.4 Å². The molecule has 190 valence electrons. The van der Waals surface area contributed by atoms with Gasteiger partial charge >= 0.3 is 12.3 Å². The highest BCUT2D eigenvalue weighted by Gasteiger charge is 2.27. The van der Waals surface area contributed by atoms with Crippen LogP contribution < -0.4 is 16.4 Å². The second-order valence-corrected chi connectivity index (χ2v) is 9.17. The van der Waals surface area contributed by atoms with E-state index in [1.54, 1.807) is 6.92 Å². The molecule has 4 N–H and O–H groups in total. The lowest BCUT2D eigenvalue weighted by atomic mass is 10.1. The van der Waals surface area contributed by atoms with Crippen molar-refractivity contribution in [1.29, 1.82) is 0 Å². The predicted molar refractivity (Wildman–Crippen MR) is 130 cm³/mol. The average Bonchev–Trinajstić information content (AvgIpc) is 3.41. The Morgan fingerprint density at radius 1 is 1.29 bits per heavy atom. The highest BCUT2D eigenvalue weighted by Crippen LogP contribution is 2.34. The van der Waals surface area contributed by atoms with E-state index >= 15 is 0 Å². The molecular weight excluding hydrogens is 483 g/mol. The Kier molecular flexibility index (Phi) is 8.67. The number of fused-ring (bicyclic) bond motifs is 1. The molecule has 35 heavy (non-hydrogen) atoms. The fourth-order valence-corrected chi connectivity index (χ4v) is 4.66. The number of alkyl carbamates (subject to hydrolysis) is 1. The van der Waals surface area contributed by atoms with Gasteiger partial charge in [0.15, 0.2) is 0 Å². The Labute approximate surface area is 204 Å². The Balaban J connectivity index is 0.000000241. The Bertz CT molecular complexity index is 1100. The van der Waals surface area contributed by atoms with Crippen molar-refractivity contribution < 1.29 is 22.7 Å². The maximum absolute atomic E-state index is 12.2. The molecule has 0 radical (unpaired) electrons. The van der Waals surface area contributed by atoms with Crippen LogP contribution in [0.15, 0.2) is 24.3 Å². The summed E-state index contributed by atoms with van der Waals surface area (Å²) in [6.45, 7) is 3.39. The molecule has 1 aliphatic rings. The fraction of sp³-hybridized carbons (Fsp3) is 0.455. The van der Waals surface area contributed by atoms with E-state index in [-0.39, 0.29) is 17.9 Å². The first-order valence-corrected chi connectivity index (χ1v) is 11.7. The summed E-state index contributed by atoms with van der Waals surface area (Å²) in [5.41, 5.74) is 7.75. The molecule has 3 aromatic rings. The Morgan fingerprint density at radius 2 is 2.03 bits per heavy atom. The zero-order valence-corrected chi connectivity index (χ0v) is 20.5. The zero-order chi connectivity index (χ0) is 25.6. The summed E-state index contributed by atoms with van der Waals surface area (Å²) >= 11 is 1.43. The lowest BCUT2D eigenvalue weighted by Gasteiger charge is -2.11. The number of aryl methyl sites for hydroxylation is 1. The van der Waals surface area contributed by atoms with Crippen LogP contribution >= 0.6 is 11.3 Å². The van der Waals surface area contributed by atoms with Crippen molar-refractivity contribution in [3.63, 3.8) is 0 Å². The standard InChI is InChI=1S/C14H12F3N5S.C8H16N2O2/c1-7-10(12-21-8-4-2-3-5-9(8)23-12)11(18)22-13(20-7)19-6-14(15,16)17;1-10-4-3-7(6-10)5-9-8(11)12-2/h2-5H,6H2,1H3,(H3,18,19,20,22);7H,3-6H2,1-2H3,(H,9,11)/t;7-/m.0/s1. The molecule has 1 fully saturated rings. The lowest BCUT2D eigenvalue weighted by molar-refractivity contribution is -0.115. The van der Waals surface area contributed by atoms with Crippen molar-refractivity contribution in [1.82, 2.24) is 25.2 Å². The van der Waals surface area contributed by atoms with E-state index < -0.39 is 12.7 Å². The molecule has 4 rings (SSSR count). The van der Waals surface area contributed by atoms with E-state index in [4.69, 9.17) is 5.73 Å². The SMILES string of the molecule is COC(=O)NC[C@@H]1CCN(C)C1.Cc1nc(NCC(F)(F)F)nc(N)c1-c1nc2ccccc2s1. The van der Waals surface area contributed by atoms with Crippen LogP contribution in [0.1, 0.15) is 12.1 Å². The summed E-state index contributed by atoms with van der Waals surface area (Å²) in [7, 11) is 3.48. The van der Waals surface area contributed by atoms with Crippen LogP contribution in [0.3, 0.4) is 0 Å². The first kappa shape index (κ1) is 26.4. The predicted octanol–water partition coefficient (Wildman–Crippen LogP) is 3.91. The van der Waals surface area contributed by atoms with Gasteiger partial charge in [0.05, 0.1) is 28.6 Å². The van der Waals surface area contributed by atoms with Crippen LogP contribution in [0, 0.1) is 12.8 Å². The number of benzene rings is 1. The van der Waals surface area contributed by atoms with Gasteiger partial charge in [0.2, 0.25) is 5.95 Å². The van der Waals surface area contributed by atoms with Crippen molar-refractivity contribution in [3.8, 4) is 10.6 Å². The highest BCUT2D eigenvalue weighted by molar-refractivity contribution is 7.21. The van der Waals surface area contributed by atoms with Gasteiger partial charge in [-0.3, -0.25) is 0 Å². The number of nitrogens with zero attached hydrogens (tertiary/aromatic N) is 4. The van der Waals surface area contributed by atoms with Crippen molar-refractivity contribution >= 4 is 39.4 Å². The van der Waals surface area contributed by atoms with E-state index in [1.807, 2.05) is 24.3 Å². The Morgan fingerprint density at radius 3 is 2.63 bits per heavy atom. The number of para-hydroxylation sites is 1. The molecule has 1 atom stereocenters. The fourth-order valence-electron chi connectivity index (χ4n) is 3.59. The third-order valence-corrected chi connectivity index (χ3v) is 6.34. The van der Waals surface area contributed by atoms with Crippen LogP contribution in [-0.2, 0) is 4.74 Å². The van der Waals surface area contributed by atoms with Gasteiger partial charge in [-0.05, 0) is 45.0 Å². The third-order valence-electron chi connectivity index (χ3n) is 5.28. The number of aromatic nitrogens is 3. The number of anilines is 2. The number of carbonyl (C=O) groups excluding carboxylic acids is 1. The number of hydrogen-bond acceptors (Lipinski definition) is 9. The van der Waals surface area contributed by atoms with E-state index in [0.29, 0.717) is 22.2 Å². The summed E-state index contributed by atoms with van der Waals surface area (Å²) in [5.74, 6) is 0.539. The van der Waals surface area contributed by atoms with Gasteiger partial charge in [0, 0.05) is 13.1 Å². The molecule has 1 saturated heterocycles. The number of nitrogens with one attached hydrogen (secondary N) is 2. The minimum Gasteiger partial charge on any atom is -0.453 e. The molecule has 9 nitrogen and oxygen atoms in total. The summed E-state index contributed by atoms with van der Waals surface area (Å²) in [5, 5.41) is 5.48. The second kappa shape index (κ2) is 11.5. The second-order valence-electron chi connectivity index (χ2n) is 8.14. The molecule has 1 amide bonds. The summed E-state index contributed by atoms with van der Waals surface area (Å²) in [6.07, 6.45) is -3.51. The number of methoxy groups -OCH3 is 1. The van der Waals surface area contributed by atoms with E-state index in [1.165, 1.54) is 24.9 Å². The molecule has 2 aromatic heterocycles. The van der Waals surface area contributed by atoms with E-state index in [9.17, 15) is 18.0 Å². The first-order chi connectivity index (χ1) is 16.6. The van der Waals surface area contributed by atoms with Gasteiger partial charge in [0.25, 0.3) is 0 Å². The molecular formula is C22H28F3N7O2S. The van der Waals surface area contributed by atoms with Gasteiger partial charge < -0.3 is 26.0 Å². The minimum atomic E-state index is -4.35. The molecule has 0 spiro atoms. The maximum Gasteiger partial charge on any atom is 0.406 e. The first-order valence-electron chi connectivity index (χ1n) is 10.9. The van der Waals surface area contributed by atoms with Crippen molar-refractivity contribution in [3.05, 3.63) is 30.0 Å². The van der Waals surface area contributed by atoms with Crippen molar-refractivity contribution in [2.75, 3.05) is 51.4 Å². The summed E-state index contributed by atoms with van der Waals surface area (Å²) in [4.78, 5) is 25.4. The number of likely N-dealkylation sites (tertiary alicyclic amines) is 1. The zero-order valence-electron chi connectivity index (χ0n) is 19.6. The largest absolute Gasteiger partial charge is 0.453 e. The quantitative estimate of drug-likeness (QED) is 0.472. The van der Waals surface area contributed by atoms with Crippen LogP contribution in [-0.4, -0.2) is 72.5 Å². The number of halogens is 3. The molecule has 0 unspecified atom stereocenters. The molecule has 1 aliphatic heterocycles. The minimum absolute atomic E-state index is 0.0984. The summed E-state index contributed by atoms with van der Waals surface area (Å²) < 4.78 is 42.2.